The van der Waals surface area contributed by atoms with Crippen LogP contribution in [0.5, 0.6) is 5.75 Å². The molecule has 5 rings (SSSR count). The van der Waals surface area contributed by atoms with Crippen LogP contribution >= 0.6 is 11.6 Å². The molecule has 1 aliphatic heterocycles. The predicted octanol–water partition coefficient (Wildman–Crippen LogP) is 4.75. The van der Waals surface area contributed by atoms with Crippen molar-refractivity contribution in [3.63, 3.8) is 0 Å². The number of rotatable bonds is 3. The van der Waals surface area contributed by atoms with Crippen molar-refractivity contribution in [3.8, 4) is 16.9 Å². The summed E-state index contributed by atoms with van der Waals surface area (Å²) in [5.41, 5.74) is -3.91. The van der Waals surface area contributed by atoms with Crippen molar-refractivity contribution in [2.75, 3.05) is 0 Å². The van der Waals surface area contributed by atoms with Gasteiger partial charge in [0.25, 0.3) is 11.8 Å². The van der Waals surface area contributed by atoms with Crippen molar-refractivity contribution in [2.45, 2.75) is 5.51 Å². The third kappa shape index (κ3) is 3.23. The van der Waals surface area contributed by atoms with E-state index in [1.807, 2.05) is 0 Å². The second-order valence-electron chi connectivity index (χ2n) is 7.18. The van der Waals surface area contributed by atoms with E-state index in [0.717, 1.165) is 12.1 Å². The standard InChI is InChI=1S/C21H10ClF3N2O5S/c22-13-4-2-1-3-10(13)11-8-15-16(18-17(11)19(28)27-20(18)29)12-7-9(5-6-14(12)26-15)32-33(30,31)21(23,24)25/h1-8,26H,(H,27,28,29). The van der Waals surface area contributed by atoms with Crippen molar-refractivity contribution in [3.05, 3.63) is 64.7 Å². The minimum atomic E-state index is -5.89. The number of fused-ring (bicyclic) bond motifs is 5. The van der Waals surface area contributed by atoms with Crippen LogP contribution < -0.4 is 9.50 Å². The number of amides is 2. The van der Waals surface area contributed by atoms with Gasteiger partial charge in [-0.2, -0.15) is 21.6 Å². The van der Waals surface area contributed by atoms with E-state index < -0.39 is 33.2 Å². The Kier molecular flexibility index (Phi) is 4.49. The van der Waals surface area contributed by atoms with Gasteiger partial charge in [0.05, 0.1) is 11.1 Å². The van der Waals surface area contributed by atoms with Gasteiger partial charge in [0.15, 0.2) is 0 Å². The largest absolute Gasteiger partial charge is 0.534 e. The minimum absolute atomic E-state index is 0.00509. The van der Waals surface area contributed by atoms with E-state index >= 15 is 0 Å². The van der Waals surface area contributed by atoms with Crippen LogP contribution in [0.1, 0.15) is 20.7 Å². The average Bonchev–Trinajstić information content (AvgIpc) is 3.23. The molecular weight excluding hydrogens is 485 g/mol. The molecule has 2 N–H and O–H groups in total. The summed E-state index contributed by atoms with van der Waals surface area (Å²) in [6.45, 7) is 0. The minimum Gasteiger partial charge on any atom is -0.376 e. The predicted molar refractivity (Wildman–Crippen MR) is 114 cm³/mol. The van der Waals surface area contributed by atoms with Gasteiger partial charge in [0.1, 0.15) is 5.75 Å². The fraction of sp³-hybridized carbons (Fsp3) is 0.0476. The van der Waals surface area contributed by atoms with Crippen molar-refractivity contribution < 1.29 is 35.4 Å². The molecule has 1 aliphatic rings. The zero-order valence-corrected chi connectivity index (χ0v) is 17.7. The molecule has 2 amide bonds. The molecule has 0 unspecified atom stereocenters. The molecule has 3 aromatic carbocycles. The molecule has 0 saturated heterocycles. The molecular formula is C21H10ClF3N2O5S. The van der Waals surface area contributed by atoms with E-state index in [1.54, 1.807) is 30.3 Å². The lowest BCUT2D eigenvalue weighted by Crippen LogP contribution is -2.28. The molecule has 33 heavy (non-hydrogen) atoms. The molecule has 0 spiro atoms. The summed E-state index contributed by atoms with van der Waals surface area (Å²) in [6, 6.07) is 11.7. The highest BCUT2D eigenvalue weighted by Gasteiger charge is 2.48. The van der Waals surface area contributed by atoms with Crippen LogP contribution in [0.2, 0.25) is 5.02 Å². The quantitative estimate of drug-likeness (QED) is 0.243. The van der Waals surface area contributed by atoms with Crippen LogP contribution in [0.3, 0.4) is 0 Å². The van der Waals surface area contributed by atoms with Gasteiger partial charge in [-0.3, -0.25) is 14.9 Å². The Labute approximate surface area is 188 Å². The number of carbonyl (C=O) groups is 2. The molecule has 0 radical (unpaired) electrons. The lowest BCUT2D eigenvalue weighted by Gasteiger charge is -2.10. The maximum absolute atomic E-state index is 12.7. The van der Waals surface area contributed by atoms with Gasteiger partial charge in [0, 0.05) is 32.4 Å². The number of aromatic nitrogens is 1. The summed E-state index contributed by atoms with van der Waals surface area (Å²) in [5, 5.41) is 2.99. The Bertz CT molecular complexity index is 1630. The second kappa shape index (κ2) is 6.96. The molecule has 7 nitrogen and oxygen atoms in total. The summed E-state index contributed by atoms with van der Waals surface area (Å²) in [7, 11) is -5.89. The van der Waals surface area contributed by atoms with Crippen LogP contribution in [-0.4, -0.2) is 30.7 Å². The van der Waals surface area contributed by atoms with E-state index in [1.165, 1.54) is 6.07 Å². The highest BCUT2D eigenvalue weighted by Crippen LogP contribution is 2.41. The Morgan fingerprint density at radius 3 is 2.27 bits per heavy atom. The molecule has 0 atom stereocenters. The molecule has 0 aliphatic carbocycles. The topological polar surface area (TPSA) is 105 Å². The van der Waals surface area contributed by atoms with Crippen molar-refractivity contribution in [1.82, 2.24) is 10.3 Å². The van der Waals surface area contributed by atoms with Gasteiger partial charge in [0.2, 0.25) is 0 Å². The van der Waals surface area contributed by atoms with Gasteiger partial charge >= 0.3 is 15.6 Å². The highest BCUT2D eigenvalue weighted by molar-refractivity contribution is 7.88. The Morgan fingerprint density at radius 2 is 1.58 bits per heavy atom. The highest BCUT2D eigenvalue weighted by atomic mass is 35.5. The van der Waals surface area contributed by atoms with E-state index in [2.05, 4.69) is 14.5 Å². The average molecular weight is 495 g/mol. The van der Waals surface area contributed by atoms with Crippen molar-refractivity contribution >= 4 is 55.3 Å². The number of benzene rings is 3. The number of H-pyrrole nitrogens is 1. The van der Waals surface area contributed by atoms with E-state index in [9.17, 15) is 31.2 Å². The van der Waals surface area contributed by atoms with E-state index in [0.29, 0.717) is 27.2 Å². The first-order chi connectivity index (χ1) is 15.5. The molecule has 0 fully saturated rings. The number of hydrogen-bond acceptors (Lipinski definition) is 5. The number of aromatic amines is 1. The zero-order valence-electron chi connectivity index (χ0n) is 16.1. The van der Waals surface area contributed by atoms with E-state index in [-0.39, 0.29) is 21.9 Å². The molecule has 168 valence electrons. The maximum atomic E-state index is 12.7. The molecule has 0 bridgehead atoms. The first kappa shape index (κ1) is 21.3. The third-order valence-electron chi connectivity index (χ3n) is 5.19. The number of nitrogens with one attached hydrogen (secondary N) is 2. The third-order valence-corrected chi connectivity index (χ3v) is 6.50. The number of alkyl halides is 3. The van der Waals surface area contributed by atoms with Crippen LogP contribution in [0.25, 0.3) is 32.9 Å². The Balaban J connectivity index is 1.80. The van der Waals surface area contributed by atoms with Gasteiger partial charge in [-0.25, -0.2) is 0 Å². The fourth-order valence-electron chi connectivity index (χ4n) is 3.85. The lowest BCUT2D eigenvalue weighted by molar-refractivity contribution is -0.0500. The number of halogens is 4. The summed E-state index contributed by atoms with van der Waals surface area (Å²) >= 11 is 6.30. The monoisotopic (exact) mass is 494 g/mol. The van der Waals surface area contributed by atoms with Gasteiger partial charge in [-0.15, -0.1) is 0 Å². The SMILES string of the molecule is O=C1NC(=O)c2c1c(-c1ccccc1Cl)cc1[nH]c3ccc(OS(=O)(=O)C(F)(F)F)cc3c21. The maximum Gasteiger partial charge on any atom is 0.534 e. The molecule has 1 aromatic heterocycles. The van der Waals surface area contributed by atoms with Crippen molar-refractivity contribution in [2.24, 2.45) is 0 Å². The van der Waals surface area contributed by atoms with Crippen LogP contribution in [0.4, 0.5) is 13.2 Å². The molecule has 2 heterocycles. The summed E-state index contributed by atoms with van der Waals surface area (Å²) in [5.74, 6) is -1.97. The Hall–Kier alpha value is -3.57. The summed E-state index contributed by atoms with van der Waals surface area (Å²) < 4.78 is 65.2. The number of hydrogen-bond donors (Lipinski definition) is 2. The smallest absolute Gasteiger partial charge is 0.376 e. The molecule has 4 aromatic rings. The van der Waals surface area contributed by atoms with Crippen LogP contribution in [-0.2, 0) is 10.1 Å². The van der Waals surface area contributed by atoms with Gasteiger partial charge in [-0.05, 0) is 35.9 Å². The first-order valence-corrected chi connectivity index (χ1v) is 11.0. The Morgan fingerprint density at radius 1 is 0.879 bits per heavy atom. The number of carbonyl (C=O) groups excluding carboxylic acids is 2. The zero-order chi connectivity index (χ0) is 23.7. The number of imide groups is 1. The molecule has 12 heteroatoms. The van der Waals surface area contributed by atoms with Gasteiger partial charge in [-0.1, -0.05) is 29.8 Å². The van der Waals surface area contributed by atoms with Gasteiger partial charge < -0.3 is 9.17 Å². The van der Waals surface area contributed by atoms with Crippen LogP contribution in [0.15, 0.2) is 48.5 Å². The van der Waals surface area contributed by atoms with Crippen molar-refractivity contribution in [1.29, 1.82) is 0 Å². The fourth-order valence-corrected chi connectivity index (χ4v) is 4.54. The molecule has 0 saturated carbocycles. The summed E-state index contributed by atoms with van der Waals surface area (Å²) in [4.78, 5) is 28.4. The van der Waals surface area contributed by atoms with E-state index in [4.69, 9.17) is 11.6 Å². The lowest BCUT2D eigenvalue weighted by atomic mass is 9.93. The van der Waals surface area contributed by atoms with Crippen LogP contribution in [0, 0.1) is 0 Å². The normalized spacial score (nSPS) is 14.1. The summed E-state index contributed by atoms with van der Waals surface area (Å²) in [6.07, 6.45) is 0. The second-order valence-corrected chi connectivity index (χ2v) is 9.12. The first-order valence-electron chi connectivity index (χ1n) is 9.22.